The van der Waals surface area contributed by atoms with Crippen LogP contribution in [0.15, 0.2) is 78.9 Å². The predicted octanol–water partition coefficient (Wildman–Crippen LogP) is 5.02. The summed E-state index contributed by atoms with van der Waals surface area (Å²) in [5.41, 5.74) is 7.18. The molecule has 1 saturated heterocycles. The lowest BCUT2D eigenvalue weighted by Crippen LogP contribution is -2.42. The molecule has 0 aromatic heterocycles. The van der Waals surface area contributed by atoms with Crippen molar-refractivity contribution >= 4 is 19.8 Å². The second-order valence-corrected chi connectivity index (χ2v) is 11.9. The number of carbonyl (C=O) groups is 2. The standard InChI is InChI=1S/C32H38NO11P/c1-22(31(33)32(35)36)44-45(37,38)41-21-29-28(15-8-18-39-29)43-30(34)17-16-24-10-5-6-14-27(24)40-20-23-9-7-13-26(19-23)42-25-11-3-2-4-12-25/h2-7,9-14,19,22,28-29,31H,8,15-18,20-21,33H2,1H3,(H,35,36)(H,37,38)/t22-,28-,29+,31?/m0/s1. The van der Waals surface area contributed by atoms with Gasteiger partial charge in [0.1, 0.15) is 42.1 Å². The SMILES string of the molecule is C[C@H](OP(=O)(O)OC[C@H]1OCCC[C@@H]1OC(=O)CCc1ccccc1OCc1cccc(Oc2ccccc2)c1)C(N)C(=O)O. The molecule has 12 nitrogen and oxygen atoms in total. The zero-order valence-corrected chi connectivity index (χ0v) is 25.8. The lowest BCUT2D eigenvalue weighted by Gasteiger charge is -2.31. The average Bonchev–Trinajstić information content (AvgIpc) is 3.03. The smallest absolute Gasteiger partial charge is 0.472 e. The minimum absolute atomic E-state index is 0.0665. The van der Waals surface area contributed by atoms with Crippen molar-refractivity contribution < 1.29 is 52.1 Å². The molecular weight excluding hydrogens is 605 g/mol. The number of carboxylic acids is 1. The molecule has 4 rings (SSSR count). The number of benzene rings is 3. The maximum atomic E-state index is 12.8. The zero-order valence-electron chi connectivity index (χ0n) is 24.9. The molecule has 3 aromatic rings. The molecule has 0 radical (unpaired) electrons. The first-order valence-electron chi connectivity index (χ1n) is 14.6. The number of aliphatic carboxylic acids is 1. The highest BCUT2D eigenvalue weighted by atomic mass is 31.2. The molecule has 3 aromatic carbocycles. The number of ether oxygens (including phenoxy) is 4. The Morgan fingerprint density at radius 3 is 2.56 bits per heavy atom. The van der Waals surface area contributed by atoms with Crippen LogP contribution in [0.25, 0.3) is 0 Å². The first-order valence-corrected chi connectivity index (χ1v) is 16.1. The van der Waals surface area contributed by atoms with Gasteiger partial charge in [-0.05, 0) is 67.6 Å². The maximum absolute atomic E-state index is 12.8. The summed E-state index contributed by atoms with van der Waals surface area (Å²) in [6.07, 6.45) is -1.28. The van der Waals surface area contributed by atoms with Crippen molar-refractivity contribution in [2.24, 2.45) is 5.73 Å². The number of esters is 1. The van der Waals surface area contributed by atoms with Crippen LogP contribution in [0.1, 0.15) is 37.3 Å². The summed E-state index contributed by atoms with van der Waals surface area (Å²) in [5.74, 6) is 0.211. The fourth-order valence-electron chi connectivity index (χ4n) is 4.58. The second-order valence-electron chi connectivity index (χ2n) is 10.5. The van der Waals surface area contributed by atoms with Gasteiger partial charge in [-0.2, -0.15) is 0 Å². The number of hydrogen-bond donors (Lipinski definition) is 3. The topological polar surface area (TPSA) is 173 Å². The van der Waals surface area contributed by atoms with E-state index in [1.807, 2.05) is 78.9 Å². The van der Waals surface area contributed by atoms with Crippen molar-refractivity contribution in [3.8, 4) is 17.2 Å². The Labute approximate surface area is 261 Å². The van der Waals surface area contributed by atoms with Gasteiger partial charge in [-0.25, -0.2) is 4.57 Å². The van der Waals surface area contributed by atoms with Gasteiger partial charge in [0.15, 0.2) is 0 Å². The molecule has 0 bridgehead atoms. The molecule has 0 saturated carbocycles. The molecular formula is C32H38NO11P. The van der Waals surface area contributed by atoms with Crippen LogP contribution in [0.2, 0.25) is 0 Å². The normalized spacial score (nSPS) is 19.1. The van der Waals surface area contributed by atoms with Crippen molar-refractivity contribution in [1.29, 1.82) is 0 Å². The van der Waals surface area contributed by atoms with Gasteiger partial charge in [0.05, 0.1) is 12.7 Å². The average molecular weight is 644 g/mol. The van der Waals surface area contributed by atoms with Crippen LogP contribution in [0.4, 0.5) is 0 Å². The third kappa shape index (κ3) is 11.0. The maximum Gasteiger partial charge on any atom is 0.472 e. The van der Waals surface area contributed by atoms with Crippen molar-refractivity contribution in [3.63, 3.8) is 0 Å². The van der Waals surface area contributed by atoms with E-state index in [2.05, 4.69) is 0 Å². The van der Waals surface area contributed by atoms with E-state index >= 15 is 0 Å². The molecule has 242 valence electrons. The summed E-state index contributed by atoms with van der Waals surface area (Å²) in [7, 11) is -4.66. The van der Waals surface area contributed by atoms with Crippen LogP contribution < -0.4 is 15.2 Å². The predicted molar refractivity (Wildman–Crippen MR) is 163 cm³/mol. The Morgan fingerprint density at radius 2 is 1.78 bits per heavy atom. The molecule has 4 N–H and O–H groups in total. The number of nitrogens with two attached hydrogens (primary N) is 1. The number of carbonyl (C=O) groups excluding carboxylic acids is 1. The van der Waals surface area contributed by atoms with E-state index in [1.165, 1.54) is 6.92 Å². The number of aryl methyl sites for hydroxylation is 1. The Balaban J connectivity index is 1.27. The highest BCUT2D eigenvalue weighted by Gasteiger charge is 2.35. The third-order valence-electron chi connectivity index (χ3n) is 7.00. The van der Waals surface area contributed by atoms with E-state index in [-0.39, 0.29) is 6.42 Å². The van der Waals surface area contributed by atoms with E-state index < -0.39 is 50.7 Å². The molecule has 0 amide bonds. The van der Waals surface area contributed by atoms with Crippen LogP contribution in [-0.4, -0.2) is 59.5 Å². The molecule has 2 unspecified atom stereocenters. The van der Waals surface area contributed by atoms with E-state index in [0.29, 0.717) is 44.0 Å². The minimum Gasteiger partial charge on any atom is -0.489 e. The number of carboxylic acid groups (broad SMARTS) is 1. The second kappa shape index (κ2) is 16.5. The van der Waals surface area contributed by atoms with Gasteiger partial charge in [-0.3, -0.25) is 18.6 Å². The molecule has 1 aliphatic rings. The summed E-state index contributed by atoms with van der Waals surface area (Å²) < 4.78 is 45.5. The monoisotopic (exact) mass is 643 g/mol. The van der Waals surface area contributed by atoms with E-state index in [4.69, 9.17) is 38.8 Å². The summed E-state index contributed by atoms with van der Waals surface area (Å²) in [4.78, 5) is 33.8. The Morgan fingerprint density at radius 1 is 1.04 bits per heavy atom. The van der Waals surface area contributed by atoms with Gasteiger partial charge in [-0.1, -0.05) is 48.5 Å². The summed E-state index contributed by atoms with van der Waals surface area (Å²) in [5, 5.41) is 8.96. The quantitative estimate of drug-likeness (QED) is 0.141. The molecule has 1 aliphatic heterocycles. The molecule has 5 atom stereocenters. The van der Waals surface area contributed by atoms with Gasteiger partial charge in [-0.15, -0.1) is 0 Å². The Bertz CT molecular complexity index is 1450. The molecule has 1 heterocycles. The summed E-state index contributed by atoms with van der Waals surface area (Å²) in [6, 6.07) is 23.0. The largest absolute Gasteiger partial charge is 0.489 e. The Kier molecular flexibility index (Phi) is 12.5. The van der Waals surface area contributed by atoms with Gasteiger partial charge >= 0.3 is 19.8 Å². The number of rotatable bonds is 16. The van der Waals surface area contributed by atoms with Crippen LogP contribution in [0, 0.1) is 0 Å². The van der Waals surface area contributed by atoms with Crippen molar-refractivity contribution in [1.82, 2.24) is 0 Å². The number of para-hydroxylation sites is 2. The third-order valence-corrected chi connectivity index (χ3v) is 8.07. The fraction of sp³-hybridized carbons (Fsp3) is 0.375. The molecule has 0 aliphatic carbocycles. The number of phosphoric ester groups is 1. The zero-order chi connectivity index (χ0) is 32.2. The van der Waals surface area contributed by atoms with Gasteiger partial charge in [0, 0.05) is 13.0 Å². The first kappa shape index (κ1) is 34.1. The van der Waals surface area contributed by atoms with Crippen molar-refractivity contribution in [3.05, 3.63) is 90.0 Å². The first-order chi connectivity index (χ1) is 21.6. The number of hydrogen-bond acceptors (Lipinski definition) is 10. The fourth-order valence-corrected chi connectivity index (χ4v) is 5.52. The van der Waals surface area contributed by atoms with Crippen LogP contribution in [0.5, 0.6) is 17.2 Å². The summed E-state index contributed by atoms with van der Waals surface area (Å²) in [6.45, 7) is 1.49. The van der Waals surface area contributed by atoms with Crippen LogP contribution in [-0.2, 0) is 45.7 Å². The van der Waals surface area contributed by atoms with Crippen molar-refractivity contribution in [2.45, 2.75) is 63.6 Å². The van der Waals surface area contributed by atoms with E-state index in [9.17, 15) is 19.0 Å². The molecule has 13 heteroatoms. The highest BCUT2D eigenvalue weighted by molar-refractivity contribution is 7.47. The lowest BCUT2D eigenvalue weighted by atomic mass is 10.1. The van der Waals surface area contributed by atoms with E-state index in [0.717, 1.165) is 16.9 Å². The molecule has 0 spiro atoms. The van der Waals surface area contributed by atoms with Gasteiger partial charge in [0.2, 0.25) is 0 Å². The van der Waals surface area contributed by atoms with Crippen molar-refractivity contribution in [2.75, 3.05) is 13.2 Å². The Hall–Kier alpha value is -3.77. The highest BCUT2D eigenvalue weighted by Crippen LogP contribution is 2.45. The van der Waals surface area contributed by atoms with Crippen LogP contribution >= 0.6 is 7.82 Å². The van der Waals surface area contributed by atoms with Gasteiger partial charge < -0.3 is 34.7 Å². The molecule has 45 heavy (non-hydrogen) atoms. The number of phosphoric acid groups is 1. The minimum atomic E-state index is -4.66. The summed E-state index contributed by atoms with van der Waals surface area (Å²) >= 11 is 0. The molecule has 1 fully saturated rings. The van der Waals surface area contributed by atoms with Gasteiger partial charge in [0.25, 0.3) is 0 Å². The lowest BCUT2D eigenvalue weighted by molar-refractivity contribution is -0.166. The van der Waals surface area contributed by atoms with Crippen LogP contribution in [0.3, 0.4) is 0 Å². The van der Waals surface area contributed by atoms with E-state index in [1.54, 1.807) is 0 Å².